The van der Waals surface area contributed by atoms with Crippen LogP contribution in [0.15, 0.2) is 42.6 Å². The maximum Gasteiger partial charge on any atom is 0.340 e. The summed E-state index contributed by atoms with van der Waals surface area (Å²) in [5.41, 5.74) is 6.45. The van der Waals surface area contributed by atoms with E-state index in [0.29, 0.717) is 42.8 Å². The molecule has 1 fully saturated rings. The quantitative estimate of drug-likeness (QED) is 0.173. The number of carboxylic acid groups (broad SMARTS) is 1. The lowest BCUT2D eigenvalue weighted by molar-refractivity contribution is -0.162. The number of nitrogen functional groups attached to an aromatic ring is 1. The van der Waals surface area contributed by atoms with Crippen molar-refractivity contribution in [2.24, 2.45) is 5.73 Å². The highest BCUT2D eigenvalue weighted by Gasteiger charge is 2.36. The number of methoxy groups -OCH3 is 1. The first-order valence-electron chi connectivity index (χ1n) is 11.2. The number of carboxylic acids is 1. The highest BCUT2D eigenvalue weighted by molar-refractivity contribution is 6.06. The predicted molar refractivity (Wildman–Crippen MR) is 127 cm³/mol. The van der Waals surface area contributed by atoms with E-state index in [2.05, 4.69) is 15.6 Å². The van der Waals surface area contributed by atoms with E-state index in [1.807, 2.05) is 0 Å². The largest absolute Gasteiger partial charge is 0.497 e. The third kappa shape index (κ3) is 7.08. The maximum absolute atomic E-state index is 13.4. The molecule has 0 bridgehead atoms. The molecule has 1 aromatic heterocycles. The second-order valence-corrected chi connectivity index (χ2v) is 8.13. The van der Waals surface area contributed by atoms with Gasteiger partial charge in [-0.05, 0) is 62.2 Å². The Labute approximate surface area is 202 Å². The molecule has 2 atom stereocenters. The highest BCUT2D eigenvalue weighted by Crippen LogP contribution is 2.17. The minimum Gasteiger partial charge on any atom is -0.497 e. The topological polar surface area (TPSA) is 177 Å². The van der Waals surface area contributed by atoms with Crippen molar-refractivity contribution < 1.29 is 29.0 Å². The molecule has 11 nitrogen and oxygen atoms in total. The lowest BCUT2D eigenvalue weighted by Gasteiger charge is -2.28. The maximum atomic E-state index is 13.4. The molecule has 11 heteroatoms. The monoisotopic (exact) mass is 483 g/mol. The number of Topliss-reactive ketones (excluding diaryl/α,β-unsaturated/α-hetero) is 1. The number of nitrogens with one attached hydrogen (secondary N) is 3. The summed E-state index contributed by atoms with van der Waals surface area (Å²) < 4.78 is 10.8. The lowest BCUT2D eigenvalue weighted by Crippen LogP contribution is -2.51. The van der Waals surface area contributed by atoms with E-state index in [1.54, 1.807) is 24.3 Å². The highest BCUT2D eigenvalue weighted by atomic mass is 16.5. The number of benzene rings is 1. The van der Waals surface area contributed by atoms with Gasteiger partial charge in [-0.15, -0.1) is 0 Å². The number of hydrogen-bond acceptors (Lipinski definition) is 8. The molecule has 186 valence electrons. The molecule has 3 rings (SSSR count). The van der Waals surface area contributed by atoms with Crippen molar-refractivity contribution in [1.82, 2.24) is 15.6 Å². The molecular formula is C24H29N5O6. The van der Waals surface area contributed by atoms with Crippen LogP contribution >= 0.6 is 0 Å². The van der Waals surface area contributed by atoms with Crippen molar-refractivity contribution in [1.29, 1.82) is 5.41 Å². The molecule has 1 aromatic carbocycles. The van der Waals surface area contributed by atoms with Crippen molar-refractivity contribution in [3.05, 3.63) is 59.4 Å². The van der Waals surface area contributed by atoms with Gasteiger partial charge in [-0.25, -0.2) is 4.79 Å². The Bertz CT molecular complexity index is 1050. The SMILES string of the molecule is COc1ccc(CC(NC(=O)c2ccc(C(=N)N)cn2)C(=O)C(OC2CCNCC2)C(=O)O)cc1. The molecule has 1 aliphatic rings. The van der Waals surface area contributed by atoms with E-state index in [9.17, 15) is 19.5 Å². The number of aromatic nitrogens is 1. The molecule has 0 aliphatic carbocycles. The third-order valence-electron chi connectivity index (χ3n) is 5.65. The summed E-state index contributed by atoms with van der Waals surface area (Å²) >= 11 is 0. The van der Waals surface area contributed by atoms with E-state index in [4.69, 9.17) is 20.6 Å². The van der Waals surface area contributed by atoms with E-state index in [-0.39, 0.29) is 24.1 Å². The fraction of sp³-hybridized carbons (Fsp3) is 0.375. The number of nitrogens with zero attached hydrogens (tertiary/aromatic N) is 1. The zero-order valence-corrected chi connectivity index (χ0v) is 19.3. The summed E-state index contributed by atoms with van der Waals surface area (Å²) in [7, 11) is 1.53. The number of nitrogens with two attached hydrogens (primary N) is 1. The average molecular weight is 484 g/mol. The summed E-state index contributed by atoms with van der Waals surface area (Å²) in [6.45, 7) is 1.33. The van der Waals surface area contributed by atoms with Crippen LogP contribution in [0.3, 0.4) is 0 Å². The molecule has 35 heavy (non-hydrogen) atoms. The standard InChI is InChI=1S/C24H29N5O6/c1-34-16-5-2-14(3-6-16)12-19(29-23(31)18-7-4-15(13-28-18)22(25)26)20(30)21(24(32)33)35-17-8-10-27-11-9-17/h2-7,13,17,19,21,27H,8-12H2,1H3,(H3,25,26)(H,29,31)(H,32,33). The van der Waals surface area contributed by atoms with Gasteiger partial charge in [0.1, 0.15) is 17.3 Å². The zero-order valence-electron chi connectivity index (χ0n) is 19.3. The van der Waals surface area contributed by atoms with Crippen molar-refractivity contribution in [3.63, 3.8) is 0 Å². The first kappa shape index (κ1) is 25.8. The van der Waals surface area contributed by atoms with Crippen LogP contribution < -0.4 is 21.1 Å². The number of rotatable bonds is 11. The number of ketones is 1. The molecular weight excluding hydrogens is 454 g/mol. The normalized spacial score (nSPS) is 15.6. The fourth-order valence-electron chi connectivity index (χ4n) is 3.69. The Morgan fingerprint density at radius 1 is 1.20 bits per heavy atom. The minimum atomic E-state index is -1.73. The number of pyridine rings is 1. The van der Waals surface area contributed by atoms with Gasteiger partial charge in [0, 0.05) is 11.8 Å². The van der Waals surface area contributed by atoms with Crippen LogP contribution in [-0.2, 0) is 20.7 Å². The van der Waals surface area contributed by atoms with Gasteiger partial charge in [0.2, 0.25) is 6.10 Å². The zero-order chi connectivity index (χ0) is 25.4. The molecule has 6 N–H and O–H groups in total. The summed E-state index contributed by atoms with van der Waals surface area (Å²) in [4.78, 5) is 42.2. The summed E-state index contributed by atoms with van der Waals surface area (Å²) in [5, 5.41) is 23.0. The number of amidine groups is 1. The first-order chi connectivity index (χ1) is 16.8. The average Bonchev–Trinajstić information content (AvgIpc) is 2.87. The van der Waals surface area contributed by atoms with Crippen molar-refractivity contribution in [3.8, 4) is 5.75 Å². The van der Waals surface area contributed by atoms with Gasteiger partial charge in [0.15, 0.2) is 5.78 Å². The van der Waals surface area contributed by atoms with Crippen LogP contribution in [-0.4, -0.2) is 72.0 Å². The number of carbonyl (C=O) groups is 3. The second-order valence-electron chi connectivity index (χ2n) is 8.13. The number of aliphatic carboxylic acids is 1. The van der Waals surface area contributed by atoms with Crippen LogP contribution in [0, 0.1) is 5.41 Å². The molecule has 1 saturated heterocycles. The van der Waals surface area contributed by atoms with Crippen LogP contribution in [0.5, 0.6) is 5.75 Å². The molecule has 0 radical (unpaired) electrons. The van der Waals surface area contributed by atoms with Gasteiger partial charge in [-0.2, -0.15) is 0 Å². The predicted octanol–water partition coefficient (Wildman–Crippen LogP) is 0.506. The second kappa shape index (κ2) is 12.0. The van der Waals surface area contributed by atoms with Gasteiger partial charge in [0.25, 0.3) is 5.91 Å². The first-order valence-corrected chi connectivity index (χ1v) is 11.2. The number of amides is 1. The molecule has 0 saturated carbocycles. The summed E-state index contributed by atoms with van der Waals surface area (Å²) in [5.74, 6) is -2.42. The van der Waals surface area contributed by atoms with Crippen LogP contribution in [0.2, 0.25) is 0 Å². The van der Waals surface area contributed by atoms with Gasteiger partial charge in [-0.1, -0.05) is 12.1 Å². The minimum absolute atomic E-state index is 0.00585. The molecule has 1 amide bonds. The van der Waals surface area contributed by atoms with E-state index < -0.39 is 29.8 Å². The van der Waals surface area contributed by atoms with Crippen molar-refractivity contribution in [2.45, 2.75) is 37.5 Å². The van der Waals surface area contributed by atoms with Gasteiger partial charge < -0.3 is 30.9 Å². The van der Waals surface area contributed by atoms with E-state index in [1.165, 1.54) is 25.4 Å². The molecule has 2 unspecified atom stereocenters. The molecule has 2 aromatic rings. The Balaban J connectivity index is 1.83. The van der Waals surface area contributed by atoms with Gasteiger partial charge >= 0.3 is 5.97 Å². The number of ether oxygens (including phenoxy) is 2. The number of carbonyl (C=O) groups excluding carboxylic acids is 2. The Kier molecular flexibility index (Phi) is 8.87. The summed E-state index contributed by atoms with van der Waals surface area (Å²) in [6.07, 6.45) is 0.379. The van der Waals surface area contributed by atoms with E-state index in [0.717, 1.165) is 0 Å². The van der Waals surface area contributed by atoms with Crippen LogP contribution in [0.25, 0.3) is 0 Å². The molecule has 2 heterocycles. The Morgan fingerprint density at radius 3 is 2.43 bits per heavy atom. The van der Waals surface area contributed by atoms with Crippen molar-refractivity contribution >= 4 is 23.5 Å². The Morgan fingerprint density at radius 2 is 1.89 bits per heavy atom. The van der Waals surface area contributed by atoms with Crippen molar-refractivity contribution in [2.75, 3.05) is 20.2 Å². The van der Waals surface area contributed by atoms with Gasteiger partial charge in [0.05, 0.1) is 19.3 Å². The Hall–Kier alpha value is -3.83. The number of piperidine rings is 1. The fourth-order valence-corrected chi connectivity index (χ4v) is 3.69. The molecule has 0 spiro atoms. The lowest BCUT2D eigenvalue weighted by atomic mass is 9.98. The number of hydrogen-bond donors (Lipinski definition) is 5. The molecule has 1 aliphatic heterocycles. The summed E-state index contributed by atoms with van der Waals surface area (Å²) in [6, 6.07) is 8.53. The van der Waals surface area contributed by atoms with Gasteiger partial charge in [-0.3, -0.25) is 20.0 Å². The third-order valence-corrected chi connectivity index (χ3v) is 5.65. The van der Waals surface area contributed by atoms with Crippen LogP contribution in [0.1, 0.15) is 34.5 Å². The smallest absolute Gasteiger partial charge is 0.340 e. The van der Waals surface area contributed by atoms with E-state index >= 15 is 0 Å². The van der Waals surface area contributed by atoms with Crippen LogP contribution in [0.4, 0.5) is 0 Å².